The lowest BCUT2D eigenvalue weighted by molar-refractivity contribution is 0.104. The van der Waals surface area contributed by atoms with Crippen molar-refractivity contribution in [3.05, 3.63) is 66.4 Å². The summed E-state index contributed by atoms with van der Waals surface area (Å²) in [7, 11) is 0. The molecule has 0 radical (unpaired) electrons. The standard InChI is InChI=1S/C20H23NO2S/c1-3-4-15-23-18-9-5-16(6-10-18)20(22)13-14-21-17-7-11-19(24-2)12-8-17/h5-14,21H,3-4,15H2,1-2H3. The Kier molecular flexibility index (Phi) is 7.43. The molecule has 0 aliphatic rings. The number of benzene rings is 2. The van der Waals surface area contributed by atoms with Crippen LogP contribution in [0.3, 0.4) is 0 Å². The molecule has 0 heterocycles. The first-order chi connectivity index (χ1) is 11.7. The highest BCUT2D eigenvalue weighted by atomic mass is 32.2. The van der Waals surface area contributed by atoms with Crippen molar-refractivity contribution in [2.24, 2.45) is 0 Å². The lowest BCUT2D eigenvalue weighted by Crippen LogP contribution is -1.99. The highest BCUT2D eigenvalue weighted by Gasteiger charge is 2.02. The topological polar surface area (TPSA) is 38.3 Å². The van der Waals surface area contributed by atoms with Gasteiger partial charge in [-0.25, -0.2) is 0 Å². The fourth-order valence-electron chi connectivity index (χ4n) is 2.05. The van der Waals surface area contributed by atoms with Gasteiger partial charge in [0.1, 0.15) is 5.75 Å². The Morgan fingerprint density at radius 2 is 1.83 bits per heavy atom. The van der Waals surface area contributed by atoms with Crippen LogP contribution in [0.5, 0.6) is 5.75 Å². The number of carbonyl (C=O) groups excluding carboxylic acids is 1. The summed E-state index contributed by atoms with van der Waals surface area (Å²) in [6, 6.07) is 15.3. The zero-order valence-corrected chi connectivity index (χ0v) is 14.9. The molecule has 0 atom stereocenters. The van der Waals surface area contributed by atoms with E-state index in [2.05, 4.69) is 12.2 Å². The van der Waals surface area contributed by atoms with Crippen molar-refractivity contribution in [2.45, 2.75) is 24.7 Å². The number of ketones is 1. The molecule has 0 aliphatic carbocycles. The van der Waals surface area contributed by atoms with E-state index in [0.717, 1.165) is 24.3 Å². The molecular weight excluding hydrogens is 318 g/mol. The lowest BCUT2D eigenvalue weighted by Gasteiger charge is -2.05. The minimum Gasteiger partial charge on any atom is -0.494 e. The Hall–Kier alpha value is -2.20. The van der Waals surface area contributed by atoms with Gasteiger partial charge in [0.05, 0.1) is 6.61 Å². The molecule has 0 bridgehead atoms. The van der Waals surface area contributed by atoms with E-state index >= 15 is 0 Å². The number of rotatable bonds is 9. The first-order valence-corrected chi connectivity index (χ1v) is 9.29. The Bertz CT molecular complexity index is 663. The summed E-state index contributed by atoms with van der Waals surface area (Å²) in [5.41, 5.74) is 1.60. The zero-order valence-electron chi connectivity index (χ0n) is 14.1. The van der Waals surface area contributed by atoms with E-state index in [4.69, 9.17) is 4.74 Å². The Morgan fingerprint density at radius 1 is 1.12 bits per heavy atom. The molecule has 0 fully saturated rings. The first-order valence-electron chi connectivity index (χ1n) is 8.07. The molecule has 24 heavy (non-hydrogen) atoms. The second-order valence-electron chi connectivity index (χ2n) is 5.30. The van der Waals surface area contributed by atoms with E-state index in [-0.39, 0.29) is 5.78 Å². The minimum absolute atomic E-state index is 0.0386. The lowest BCUT2D eigenvalue weighted by atomic mass is 10.1. The summed E-state index contributed by atoms with van der Waals surface area (Å²) >= 11 is 1.70. The van der Waals surface area contributed by atoms with Gasteiger partial charge in [0.15, 0.2) is 5.78 Å². The molecule has 0 saturated carbocycles. The summed E-state index contributed by atoms with van der Waals surface area (Å²) in [5.74, 6) is 0.763. The number of carbonyl (C=O) groups is 1. The molecule has 0 unspecified atom stereocenters. The van der Waals surface area contributed by atoms with Crippen molar-refractivity contribution < 1.29 is 9.53 Å². The van der Waals surface area contributed by atoms with Crippen molar-refractivity contribution in [1.82, 2.24) is 0 Å². The van der Waals surface area contributed by atoms with Crippen molar-refractivity contribution in [3.8, 4) is 5.75 Å². The van der Waals surface area contributed by atoms with Crippen LogP contribution in [-0.4, -0.2) is 18.6 Å². The fourth-order valence-corrected chi connectivity index (χ4v) is 2.46. The van der Waals surface area contributed by atoms with Gasteiger partial charge in [-0.2, -0.15) is 0 Å². The minimum atomic E-state index is -0.0386. The number of nitrogens with one attached hydrogen (secondary N) is 1. The van der Waals surface area contributed by atoms with Crippen molar-refractivity contribution in [3.63, 3.8) is 0 Å². The van der Waals surface area contributed by atoms with Gasteiger partial charge in [-0.05, 0) is 61.2 Å². The van der Waals surface area contributed by atoms with Gasteiger partial charge in [0.2, 0.25) is 0 Å². The molecule has 1 N–H and O–H groups in total. The highest BCUT2D eigenvalue weighted by Crippen LogP contribution is 2.17. The number of ether oxygens (including phenoxy) is 1. The van der Waals surface area contributed by atoms with Crippen molar-refractivity contribution >= 4 is 23.2 Å². The second kappa shape index (κ2) is 9.83. The third-order valence-electron chi connectivity index (χ3n) is 3.48. The predicted molar refractivity (Wildman–Crippen MR) is 102 cm³/mol. The summed E-state index contributed by atoms with van der Waals surface area (Å²) in [5, 5.41) is 3.11. The van der Waals surface area contributed by atoms with Crippen LogP contribution in [0.1, 0.15) is 30.1 Å². The highest BCUT2D eigenvalue weighted by molar-refractivity contribution is 7.98. The smallest absolute Gasteiger partial charge is 0.187 e. The summed E-state index contributed by atoms with van der Waals surface area (Å²) in [6.45, 7) is 2.84. The maximum atomic E-state index is 12.1. The van der Waals surface area contributed by atoms with E-state index in [1.807, 2.05) is 42.7 Å². The van der Waals surface area contributed by atoms with Crippen molar-refractivity contribution in [2.75, 3.05) is 18.2 Å². The number of hydrogen-bond donors (Lipinski definition) is 1. The monoisotopic (exact) mass is 341 g/mol. The van der Waals surface area contributed by atoms with Gasteiger partial charge < -0.3 is 10.1 Å². The van der Waals surface area contributed by atoms with Crippen LogP contribution in [0.15, 0.2) is 65.7 Å². The van der Waals surface area contributed by atoms with Crippen molar-refractivity contribution in [1.29, 1.82) is 0 Å². The number of allylic oxidation sites excluding steroid dienone is 1. The zero-order chi connectivity index (χ0) is 17.2. The van der Waals surface area contributed by atoms with Gasteiger partial charge in [-0.1, -0.05) is 13.3 Å². The first kappa shape index (κ1) is 18.1. The summed E-state index contributed by atoms with van der Waals surface area (Å²) < 4.78 is 5.60. The maximum absolute atomic E-state index is 12.1. The molecule has 0 aliphatic heterocycles. The van der Waals surface area contributed by atoms with Crippen LogP contribution in [0.4, 0.5) is 5.69 Å². The molecule has 0 aromatic heterocycles. The molecular formula is C20H23NO2S. The molecule has 3 nitrogen and oxygen atoms in total. The third kappa shape index (κ3) is 5.78. The van der Waals surface area contributed by atoms with Crippen LogP contribution >= 0.6 is 11.8 Å². The number of unbranched alkanes of at least 4 members (excludes halogenated alkanes) is 1. The van der Waals surface area contributed by atoms with Crippen LogP contribution in [0, 0.1) is 0 Å². The van der Waals surface area contributed by atoms with Gasteiger partial charge in [-0.3, -0.25) is 4.79 Å². The average Bonchev–Trinajstić information content (AvgIpc) is 2.63. The van der Waals surface area contributed by atoms with Gasteiger partial charge in [-0.15, -0.1) is 11.8 Å². The summed E-state index contributed by atoms with van der Waals surface area (Å²) in [4.78, 5) is 13.3. The number of anilines is 1. The van der Waals surface area contributed by atoms with Crippen LogP contribution < -0.4 is 10.1 Å². The van der Waals surface area contributed by atoms with E-state index in [9.17, 15) is 4.79 Å². The molecule has 2 rings (SSSR count). The Morgan fingerprint density at radius 3 is 2.46 bits per heavy atom. The molecule has 2 aromatic rings. The molecule has 0 amide bonds. The molecule has 0 spiro atoms. The summed E-state index contributed by atoms with van der Waals surface area (Å²) in [6.07, 6.45) is 7.39. The Balaban J connectivity index is 1.86. The van der Waals surface area contributed by atoms with Gasteiger partial charge in [0, 0.05) is 28.4 Å². The fraction of sp³-hybridized carbons (Fsp3) is 0.250. The molecule has 0 saturated heterocycles. The number of thioether (sulfide) groups is 1. The third-order valence-corrected chi connectivity index (χ3v) is 4.22. The number of hydrogen-bond acceptors (Lipinski definition) is 4. The molecule has 126 valence electrons. The SMILES string of the molecule is CCCCOc1ccc(C(=O)C=CNc2ccc(SC)cc2)cc1. The van der Waals surface area contributed by atoms with E-state index in [1.165, 1.54) is 11.0 Å². The van der Waals surface area contributed by atoms with E-state index < -0.39 is 0 Å². The van der Waals surface area contributed by atoms with E-state index in [0.29, 0.717) is 12.2 Å². The average molecular weight is 341 g/mol. The van der Waals surface area contributed by atoms with Gasteiger partial charge in [0.25, 0.3) is 0 Å². The normalized spacial score (nSPS) is 10.8. The largest absolute Gasteiger partial charge is 0.494 e. The molecule has 4 heteroatoms. The van der Waals surface area contributed by atoms with E-state index in [1.54, 1.807) is 30.1 Å². The van der Waals surface area contributed by atoms with Gasteiger partial charge >= 0.3 is 0 Å². The second-order valence-corrected chi connectivity index (χ2v) is 6.18. The predicted octanol–water partition coefficient (Wildman–Crippen LogP) is 5.40. The maximum Gasteiger partial charge on any atom is 0.187 e. The van der Waals surface area contributed by atoms with Crippen LogP contribution in [0.2, 0.25) is 0 Å². The quantitative estimate of drug-likeness (QED) is 0.287. The molecule has 2 aromatic carbocycles. The van der Waals surface area contributed by atoms with Crippen LogP contribution in [0.25, 0.3) is 0 Å². The Labute approximate surface area is 148 Å². The van der Waals surface area contributed by atoms with Crippen LogP contribution in [-0.2, 0) is 0 Å².